The summed E-state index contributed by atoms with van der Waals surface area (Å²) in [5.74, 6) is -1.86. The van der Waals surface area contributed by atoms with E-state index in [1.54, 1.807) is 35.7 Å². The summed E-state index contributed by atoms with van der Waals surface area (Å²) >= 11 is 7.24. The Labute approximate surface area is 124 Å². The highest BCUT2D eigenvalue weighted by molar-refractivity contribution is 7.12. The van der Waals surface area contributed by atoms with Crippen molar-refractivity contribution < 1.29 is 14.7 Å². The molecule has 1 aliphatic rings. The number of rotatable bonds is 2. The third-order valence-corrected chi connectivity index (χ3v) is 4.65. The predicted octanol–water partition coefficient (Wildman–Crippen LogP) is 3.23. The minimum atomic E-state index is -0.926. The zero-order valence-corrected chi connectivity index (χ0v) is 11.8. The Balaban J connectivity index is 2.03. The van der Waals surface area contributed by atoms with Crippen molar-refractivity contribution in [1.82, 2.24) is 0 Å². The molecule has 1 aromatic heterocycles. The van der Waals surface area contributed by atoms with Gasteiger partial charge in [-0.25, -0.2) is 0 Å². The number of nitrogens with zero attached hydrogens (tertiary/aromatic N) is 1. The molecule has 0 radical (unpaired) electrons. The van der Waals surface area contributed by atoms with Crippen LogP contribution in [0.4, 0.5) is 5.69 Å². The van der Waals surface area contributed by atoms with Crippen LogP contribution in [0.5, 0.6) is 0 Å². The van der Waals surface area contributed by atoms with Crippen molar-refractivity contribution in [2.24, 2.45) is 0 Å². The number of carboxylic acids is 1. The summed E-state index contributed by atoms with van der Waals surface area (Å²) in [4.78, 5) is 25.8. The number of hydrogen-bond acceptors (Lipinski definition) is 3. The van der Waals surface area contributed by atoms with Crippen molar-refractivity contribution in [3.63, 3.8) is 0 Å². The summed E-state index contributed by atoms with van der Waals surface area (Å²) in [5, 5.41) is 11.4. The van der Waals surface area contributed by atoms with Gasteiger partial charge in [-0.2, -0.15) is 0 Å². The van der Waals surface area contributed by atoms with E-state index in [1.807, 2.05) is 0 Å². The number of para-hydroxylation sites is 1. The lowest BCUT2D eigenvalue weighted by molar-refractivity contribution is -0.138. The molecule has 0 saturated heterocycles. The van der Waals surface area contributed by atoms with Crippen LogP contribution in [0.3, 0.4) is 0 Å². The lowest BCUT2D eigenvalue weighted by Gasteiger charge is -2.16. The maximum absolute atomic E-state index is 12.5. The second-order valence-electron chi connectivity index (χ2n) is 4.46. The average molecular weight is 308 g/mol. The summed E-state index contributed by atoms with van der Waals surface area (Å²) < 4.78 is 0. The van der Waals surface area contributed by atoms with Crippen molar-refractivity contribution >= 4 is 40.5 Å². The van der Waals surface area contributed by atoms with Crippen LogP contribution in [0.2, 0.25) is 5.02 Å². The molecule has 0 saturated carbocycles. The quantitative estimate of drug-likeness (QED) is 0.926. The number of fused-ring (bicyclic) bond motifs is 1. The van der Waals surface area contributed by atoms with Crippen molar-refractivity contribution in [1.29, 1.82) is 0 Å². The molecule has 0 aliphatic carbocycles. The third kappa shape index (κ3) is 1.99. The minimum absolute atomic E-state index is 0.141. The van der Waals surface area contributed by atoms with Gasteiger partial charge in [-0.05, 0) is 23.1 Å². The number of carbonyl (C=O) groups is 2. The first-order valence-corrected chi connectivity index (χ1v) is 7.22. The van der Waals surface area contributed by atoms with Crippen LogP contribution in [-0.4, -0.2) is 23.5 Å². The van der Waals surface area contributed by atoms with Crippen LogP contribution in [0.25, 0.3) is 0 Å². The van der Waals surface area contributed by atoms with Gasteiger partial charge in [0.25, 0.3) is 5.91 Å². The van der Waals surface area contributed by atoms with Crippen LogP contribution in [0, 0.1) is 0 Å². The second-order valence-corrected chi connectivity index (χ2v) is 5.79. The summed E-state index contributed by atoms with van der Waals surface area (Å²) in [6.45, 7) is 0.141. The molecule has 0 spiro atoms. The van der Waals surface area contributed by atoms with Crippen molar-refractivity contribution in [3.8, 4) is 0 Å². The van der Waals surface area contributed by atoms with E-state index in [0.29, 0.717) is 21.2 Å². The third-order valence-electron chi connectivity index (χ3n) is 3.32. The molecule has 1 amide bonds. The van der Waals surface area contributed by atoms with E-state index in [4.69, 9.17) is 11.6 Å². The molecule has 102 valence electrons. The van der Waals surface area contributed by atoms with E-state index in [2.05, 4.69) is 0 Å². The SMILES string of the molecule is O=C(O)C1CN(C(=O)c2sccc2Cl)c2ccccc21. The Kier molecular flexibility index (Phi) is 3.23. The second kappa shape index (κ2) is 4.92. The highest BCUT2D eigenvalue weighted by Crippen LogP contribution is 2.38. The fraction of sp³-hybridized carbons (Fsp3) is 0.143. The average Bonchev–Trinajstić information content (AvgIpc) is 3.01. The number of amides is 1. The van der Waals surface area contributed by atoms with E-state index in [9.17, 15) is 14.7 Å². The Morgan fingerprint density at radius 3 is 2.70 bits per heavy atom. The molecule has 2 heterocycles. The van der Waals surface area contributed by atoms with Gasteiger partial charge in [-0.1, -0.05) is 29.8 Å². The molecule has 4 nitrogen and oxygen atoms in total. The summed E-state index contributed by atoms with van der Waals surface area (Å²) in [7, 11) is 0. The highest BCUT2D eigenvalue weighted by Gasteiger charge is 2.37. The maximum Gasteiger partial charge on any atom is 0.312 e. The lowest BCUT2D eigenvalue weighted by atomic mass is 10.0. The molecule has 1 aromatic carbocycles. The Bertz CT molecular complexity index is 697. The molecule has 3 rings (SSSR count). The van der Waals surface area contributed by atoms with Gasteiger partial charge >= 0.3 is 5.97 Å². The van der Waals surface area contributed by atoms with E-state index in [-0.39, 0.29) is 12.5 Å². The molecule has 1 aliphatic heterocycles. The molecule has 1 unspecified atom stereocenters. The molecule has 6 heteroatoms. The van der Waals surface area contributed by atoms with Crippen LogP contribution in [0.15, 0.2) is 35.7 Å². The van der Waals surface area contributed by atoms with E-state index >= 15 is 0 Å². The van der Waals surface area contributed by atoms with Gasteiger partial charge in [0.2, 0.25) is 0 Å². The van der Waals surface area contributed by atoms with E-state index in [1.165, 1.54) is 16.2 Å². The smallest absolute Gasteiger partial charge is 0.312 e. The summed E-state index contributed by atoms with van der Waals surface area (Å²) in [5.41, 5.74) is 1.32. The standard InChI is InChI=1S/C14H10ClNO3S/c15-10-5-6-20-12(10)13(17)16-7-9(14(18)19)8-3-1-2-4-11(8)16/h1-6,9H,7H2,(H,18,19). The van der Waals surface area contributed by atoms with Gasteiger partial charge < -0.3 is 10.0 Å². The molecule has 0 bridgehead atoms. The number of carbonyl (C=O) groups excluding carboxylic acids is 1. The zero-order chi connectivity index (χ0) is 14.3. The molecule has 1 atom stereocenters. The Morgan fingerprint density at radius 1 is 1.30 bits per heavy atom. The van der Waals surface area contributed by atoms with Crippen LogP contribution in [0.1, 0.15) is 21.2 Å². The van der Waals surface area contributed by atoms with Crippen molar-refractivity contribution in [3.05, 3.63) is 51.2 Å². The van der Waals surface area contributed by atoms with E-state index in [0.717, 1.165) is 0 Å². The van der Waals surface area contributed by atoms with Crippen LogP contribution >= 0.6 is 22.9 Å². The minimum Gasteiger partial charge on any atom is -0.481 e. The predicted molar refractivity (Wildman–Crippen MR) is 77.8 cm³/mol. The zero-order valence-electron chi connectivity index (χ0n) is 10.2. The largest absolute Gasteiger partial charge is 0.481 e. The first-order chi connectivity index (χ1) is 9.59. The van der Waals surface area contributed by atoms with Gasteiger partial charge in [-0.15, -0.1) is 11.3 Å². The summed E-state index contributed by atoms with van der Waals surface area (Å²) in [6, 6.07) is 8.74. The number of benzene rings is 1. The molecule has 0 fully saturated rings. The van der Waals surface area contributed by atoms with Crippen molar-refractivity contribution in [2.75, 3.05) is 11.4 Å². The fourth-order valence-corrected chi connectivity index (χ4v) is 3.46. The number of aliphatic carboxylic acids is 1. The fourth-order valence-electron chi connectivity index (χ4n) is 2.38. The molecule has 2 aromatic rings. The molecule has 1 N–H and O–H groups in total. The van der Waals surface area contributed by atoms with Gasteiger partial charge in [0.05, 0.1) is 5.02 Å². The topological polar surface area (TPSA) is 57.6 Å². The van der Waals surface area contributed by atoms with Gasteiger partial charge in [-0.3, -0.25) is 9.59 Å². The number of anilines is 1. The number of halogens is 1. The highest BCUT2D eigenvalue weighted by atomic mass is 35.5. The Morgan fingerprint density at radius 2 is 2.05 bits per heavy atom. The Hall–Kier alpha value is -1.85. The van der Waals surface area contributed by atoms with Crippen LogP contribution in [-0.2, 0) is 4.79 Å². The van der Waals surface area contributed by atoms with Gasteiger partial charge in [0.15, 0.2) is 0 Å². The number of hydrogen-bond donors (Lipinski definition) is 1. The molecular weight excluding hydrogens is 298 g/mol. The lowest BCUT2D eigenvalue weighted by Crippen LogP contribution is -2.30. The van der Waals surface area contributed by atoms with Gasteiger partial charge in [0, 0.05) is 12.2 Å². The number of thiophene rings is 1. The molecular formula is C14H10ClNO3S. The van der Waals surface area contributed by atoms with Crippen LogP contribution < -0.4 is 4.90 Å². The monoisotopic (exact) mass is 307 g/mol. The number of carboxylic acid groups (broad SMARTS) is 1. The summed E-state index contributed by atoms with van der Waals surface area (Å²) in [6.07, 6.45) is 0. The van der Waals surface area contributed by atoms with Gasteiger partial charge in [0.1, 0.15) is 10.8 Å². The molecule has 20 heavy (non-hydrogen) atoms. The maximum atomic E-state index is 12.5. The normalized spacial score (nSPS) is 17.1. The van der Waals surface area contributed by atoms with E-state index < -0.39 is 11.9 Å². The first kappa shape index (κ1) is 13.1. The first-order valence-electron chi connectivity index (χ1n) is 5.96. The van der Waals surface area contributed by atoms with Crippen molar-refractivity contribution in [2.45, 2.75) is 5.92 Å².